The summed E-state index contributed by atoms with van der Waals surface area (Å²) in [6, 6.07) is 4.85. The summed E-state index contributed by atoms with van der Waals surface area (Å²) in [5.41, 5.74) is 1.81. The topological polar surface area (TPSA) is 64.6 Å². The fourth-order valence-electron chi connectivity index (χ4n) is 3.17. The monoisotopic (exact) mass is 407 g/mol. The highest BCUT2D eigenvalue weighted by atomic mass is 35.5. The number of anilines is 1. The highest BCUT2D eigenvalue weighted by molar-refractivity contribution is 7.17. The van der Waals surface area contributed by atoms with Crippen LogP contribution in [0.25, 0.3) is 0 Å². The Morgan fingerprint density at radius 2 is 1.96 bits per heavy atom. The summed E-state index contributed by atoms with van der Waals surface area (Å²) in [7, 11) is 1.50. The van der Waals surface area contributed by atoms with Crippen LogP contribution < -0.4 is 10.1 Å². The van der Waals surface area contributed by atoms with E-state index in [9.17, 15) is 9.59 Å². The van der Waals surface area contributed by atoms with Gasteiger partial charge < -0.3 is 14.8 Å². The standard InChI is InChI=1S/C20H22ClNO4S/c1-11(2)26-20(24)17-13-6-4-5-7-16(13)27-19(17)22-18(23)14-10-12(21)8-9-15(14)25-3/h8-11H,4-7H2,1-3H3,(H,22,23). The number of esters is 1. The molecule has 0 bridgehead atoms. The summed E-state index contributed by atoms with van der Waals surface area (Å²) >= 11 is 7.49. The van der Waals surface area contributed by atoms with Gasteiger partial charge in [-0.2, -0.15) is 0 Å². The number of nitrogens with one attached hydrogen (secondary N) is 1. The van der Waals surface area contributed by atoms with Gasteiger partial charge in [0.2, 0.25) is 0 Å². The molecule has 0 unspecified atom stereocenters. The average molecular weight is 408 g/mol. The molecule has 1 aliphatic rings. The smallest absolute Gasteiger partial charge is 0.341 e. The Morgan fingerprint density at radius 3 is 2.67 bits per heavy atom. The first-order valence-corrected chi connectivity index (χ1v) is 10.1. The number of halogens is 1. The van der Waals surface area contributed by atoms with Crippen molar-refractivity contribution >= 4 is 39.8 Å². The van der Waals surface area contributed by atoms with Gasteiger partial charge in [-0.05, 0) is 63.3 Å². The molecule has 2 aromatic rings. The van der Waals surface area contributed by atoms with E-state index >= 15 is 0 Å². The van der Waals surface area contributed by atoms with Crippen LogP contribution in [0, 0.1) is 0 Å². The van der Waals surface area contributed by atoms with Crippen molar-refractivity contribution in [2.75, 3.05) is 12.4 Å². The minimum absolute atomic E-state index is 0.229. The fourth-order valence-corrected chi connectivity index (χ4v) is 4.62. The Bertz CT molecular complexity index is 875. The second-order valence-electron chi connectivity index (χ2n) is 6.67. The van der Waals surface area contributed by atoms with E-state index in [0.29, 0.717) is 26.9 Å². The maximum absolute atomic E-state index is 12.9. The fraction of sp³-hybridized carbons (Fsp3) is 0.400. The van der Waals surface area contributed by atoms with Crippen molar-refractivity contribution < 1.29 is 19.1 Å². The largest absolute Gasteiger partial charge is 0.496 e. The molecular weight excluding hydrogens is 386 g/mol. The maximum atomic E-state index is 12.9. The zero-order chi connectivity index (χ0) is 19.6. The molecule has 0 radical (unpaired) electrons. The van der Waals surface area contributed by atoms with E-state index in [1.54, 1.807) is 18.2 Å². The van der Waals surface area contributed by atoms with Crippen molar-refractivity contribution in [1.82, 2.24) is 0 Å². The van der Waals surface area contributed by atoms with Gasteiger partial charge >= 0.3 is 5.97 Å². The van der Waals surface area contributed by atoms with E-state index in [2.05, 4.69) is 5.32 Å². The van der Waals surface area contributed by atoms with E-state index in [1.165, 1.54) is 18.4 Å². The number of benzene rings is 1. The summed E-state index contributed by atoms with van der Waals surface area (Å²) in [6.07, 6.45) is 3.62. The Labute approximate surface area is 167 Å². The van der Waals surface area contributed by atoms with E-state index < -0.39 is 5.97 Å². The molecule has 0 atom stereocenters. The van der Waals surface area contributed by atoms with Gasteiger partial charge in [0.15, 0.2) is 0 Å². The molecule has 1 aromatic carbocycles. The summed E-state index contributed by atoms with van der Waals surface area (Å²) in [5, 5.41) is 3.84. The molecular formula is C20H22ClNO4S. The Balaban J connectivity index is 1.97. The molecule has 3 rings (SSSR count). The molecule has 144 valence electrons. The second-order valence-corrected chi connectivity index (χ2v) is 8.21. The number of thiophene rings is 1. The van der Waals surface area contributed by atoms with Crippen LogP contribution in [-0.2, 0) is 17.6 Å². The third-order valence-electron chi connectivity index (χ3n) is 4.35. The minimum atomic E-state index is -0.391. The van der Waals surface area contributed by atoms with Gasteiger partial charge in [-0.15, -0.1) is 11.3 Å². The molecule has 0 saturated carbocycles. The Morgan fingerprint density at radius 1 is 1.22 bits per heavy atom. The summed E-state index contributed by atoms with van der Waals surface area (Å²) in [4.78, 5) is 26.7. The van der Waals surface area contributed by atoms with Crippen LogP contribution >= 0.6 is 22.9 Å². The van der Waals surface area contributed by atoms with Crippen LogP contribution in [-0.4, -0.2) is 25.1 Å². The lowest BCUT2D eigenvalue weighted by Crippen LogP contribution is -2.18. The van der Waals surface area contributed by atoms with Gasteiger partial charge in [-0.3, -0.25) is 4.79 Å². The zero-order valence-electron chi connectivity index (χ0n) is 15.6. The normalized spacial score (nSPS) is 13.2. The molecule has 5 nitrogen and oxygen atoms in total. The number of carbonyl (C=O) groups is 2. The van der Waals surface area contributed by atoms with Crippen LogP contribution in [0.2, 0.25) is 5.02 Å². The van der Waals surface area contributed by atoms with Crippen LogP contribution in [0.5, 0.6) is 5.75 Å². The van der Waals surface area contributed by atoms with Gasteiger partial charge in [0.25, 0.3) is 5.91 Å². The molecule has 1 aromatic heterocycles. The van der Waals surface area contributed by atoms with Crippen LogP contribution in [0.4, 0.5) is 5.00 Å². The number of hydrogen-bond acceptors (Lipinski definition) is 5. The third-order valence-corrected chi connectivity index (χ3v) is 5.79. The molecule has 0 saturated heterocycles. The lowest BCUT2D eigenvalue weighted by atomic mass is 9.95. The van der Waals surface area contributed by atoms with Gasteiger partial charge in [-0.25, -0.2) is 4.79 Å². The van der Waals surface area contributed by atoms with Crippen LogP contribution in [0.1, 0.15) is 57.8 Å². The lowest BCUT2D eigenvalue weighted by molar-refractivity contribution is 0.0378. The number of ether oxygens (including phenoxy) is 2. The summed E-state index contributed by atoms with van der Waals surface area (Å²) in [6.45, 7) is 3.62. The van der Waals surface area contributed by atoms with Crippen molar-refractivity contribution in [2.24, 2.45) is 0 Å². The van der Waals surface area contributed by atoms with E-state index in [4.69, 9.17) is 21.1 Å². The molecule has 1 amide bonds. The second kappa shape index (κ2) is 8.31. The quantitative estimate of drug-likeness (QED) is 0.700. The third kappa shape index (κ3) is 4.28. The number of methoxy groups -OCH3 is 1. The Hall–Kier alpha value is -2.05. The zero-order valence-corrected chi connectivity index (χ0v) is 17.1. The first kappa shape index (κ1) is 19.7. The number of aryl methyl sites for hydroxylation is 1. The molecule has 27 heavy (non-hydrogen) atoms. The molecule has 1 heterocycles. The molecule has 1 N–H and O–H groups in total. The predicted octanol–water partition coefficient (Wildman–Crippen LogP) is 5.11. The van der Waals surface area contributed by atoms with Crippen molar-refractivity contribution in [3.63, 3.8) is 0 Å². The molecule has 7 heteroatoms. The highest BCUT2D eigenvalue weighted by Crippen LogP contribution is 2.39. The number of amides is 1. The first-order chi connectivity index (χ1) is 12.9. The molecule has 0 aliphatic heterocycles. The molecule has 1 aliphatic carbocycles. The van der Waals surface area contributed by atoms with Crippen LogP contribution in [0.3, 0.4) is 0 Å². The average Bonchev–Trinajstić information content (AvgIpc) is 2.98. The summed E-state index contributed by atoms with van der Waals surface area (Å²) < 4.78 is 10.7. The van der Waals surface area contributed by atoms with E-state index in [-0.39, 0.29) is 12.0 Å². The number of hydrogen-bond donors (Lipinski definition) is 1. The van der Waals surface area contributed by atoms with Crippen LogP contribution in [0.15, 0.2) is 18.2 Å². The SMILES string of the molecule is COc1ccc(Cl)cc1C(=O)Nc1sc2c(c1C(=O)OC(C)C)CCCC2. The van der Waals surface area contributed by atoms with Crippen molar-refractivity contribution in [3.05, 3.63) is 44.8 Å². The van der Waals surface area contributed by atoms with Gasteiger partial charge in [0, 0.05) is 9.90 Å². The minimum Gasteiger partial charge on any atom is -0.496 e. The number of rotatable bonds is 5. The lowest BCUT2D eigenvalue weighted by Gasteiger charge is -2.14. The maximum Gasteiger partial charge on any atom is 0.341 e. The number of carbonyl (C=O) groups excluding carboxylic acids is 2. The van der Waals surface area contributed by atoms with Crippen molar-refractivity contribution in [1.29, 1.82) is 0 Å². The van der Waals surface area contributed by atoms with E-state index in [0.717, 1.165) is 36.1 Å². The first-order valence-electron chi connectivity index (χ1n) is 8.91. The van der Waals surface area contributed by atoms with Gasteiger partial charge in [-0.1, -0.05) is 11.6 Å². The number of fused-ring (bicyclic) bond motifs is 1. The van der Waals surface area contributed by atoms with E-state index in [1.807, 2.05) is 13.8 Å². The summed E-state index contributed by atoms with van der Waals surface area (Å²) in [5.74, 6) is -0.339. The Kier molecular flexibility index (Phi) is 6.07. The van der Waals surface area contributed by atoms with Crippen molar-refractivity contribution in [2.45, 2.75) is 45.6 Å². The van der Waals surface area contributed by atoms with Gasteiger partial charge in [0.05, 0.1) is 24.3 Å². The highest BCUT2D eigenvalue weighted by Gasteiger charge is 2.28. The molecule has 0 spiro atoms. The van der Waals surface area contributed by atoms with Gasteiger partial charge in [0.1, 0.15) is 10.8 Å². The molecule has 0 fully saturated rings. The van der Waals surface area contributed by atoms with Crippen molar-refractivity contribution in [3.8, 4) is 5.75 Å². The predicted molar refractivity (Wildman–Crippen MR) is 107 cm³/mol.